The molecule has 0 aromatic carbocycles. The van der Waals surface area contributed by atoms with E-state index in [4.69, 9.17) is 5.73 Å². The Balaban J connectivity index is 2.43. The molecule has 1 rings (SSSR count). The molecule has 0 aliphatic heterocycles. The van der Waals surface area contributed by atoms with E-state index in [-0.39, 0.29) is 0 Å². The number of allylic oxidation sites excluding steroid dienone is 2. The zero-order chi connectivity index (χ0) is 9.68. The molecule has 1 atom stereocenters. The minimum atomic E-state index is -0.624. The summed E-state index contributed by atoms with van der Waals surface area (Å²) in [4.78, 5) is 10.3. The highest BCUT2D eigenvalue weighted by Gasteiger charge is 2.07. The molecule has 0 bridgehead atoms. The van der Waals surface area contributed by atoms with E-state index in [0.29, 0.717) is 5.92 Å². The third-order valence-electron chi connectivity index (χ3n) is 2.03. The molecule has 0 aromatic rings. The quantitative estimate of drug-likeness (QED) is 0.490. The van der Waals surface area contributed by atoms with Crippen molar-refractivity contribution in [3.8, 4) is 0 Å². The summed E-state index contributed by atoms with van der Waals surface area (Å²) < 4.78 is 0. The number of nitrogens with zero attached hydrogens (tertiary/aromatic N) is 1. The predicted octanol–water partition coefficient (Wildman–Crippen LogP) is 1.39. The Morgan fingerprint density at radius 3 is 3.23 bits per heavy atom. The molecule has 4 nitrogen and oxygen atoms in total. The van der Waals surface area contributed by atoms with E-state index in [1.165, 1.54) is 18.4 Å². The lowest BCUT2D eigenvalue weighted by atomic mass is 9.92. The maximum atomic E-state index is 10.3. The zero-order valence-corrected chi connectivity index (χ0v) is 7.79. The molecule has 1 aliphatic carbocycles. The van der Waals surface area contributed by atoms with Gasteiger partial charge in [-0.2, -0.15) is 5.10 Å². The molecule has 1 aliphatic rings. The summed E-state index contributed by atoms with van der Waals surface area (Å²) in [7, 11) is 0. The topological polar surface area (TPSA) is 67.5 Å². The van der Waals surface area contributed by atoms with E-state index < -0.39 is 6.03 Å². The van der Waals surface area contributed by atoms with Gasteiger partial charge in [-0.25, -0.2) is 10.2 Å². The van der Waals surface area contributed by atoms with Gasteiger partial charge >= 0.3 is 6.03 Å². The van der Waals surface area contributed by atoms with E-state index >= 15 is 0 Å². The molecule has 0 aromatic heterocycles. The molecule has 0 radical (unpaired) electrons. The molecular formula is C9H15N3O. The summed E-state index contributed by atoms with van der Waals surface area (Å²) >= 11 is 0. The van der Waals surface area contributed by atoms with Crippen LogP contribution in [-0.4, -0.2) is 12.2 Å². The largest absolute Gasteiger partial charge is 0.350 e. The van der Waals surface area contributed by atoms with Crippen molar-refractivity contribution in [2.75, 3.05) is 0 Å². The average Bonchev–Trinajstić information content (AvgIpc) is 2.03. The zero-order valence-electron chi connectivity index (χ0n) is 7.79. The normalized spacial score (nSPS) is 22.8. The first kappa shape index (κ1) is 9.77. The monoisotopic (exact) mass is 181 g/mol. The number of rotatable bonds is 2. The lowest BCUT2D eigenvalue weighted by Crippen LogP contribution is -2.24. The second kappa shape index (κ2) is 4.64. The highest BCUT2D eigenvalue weighted by Crippen LogP contribution is 2.20. The van der Waals surface area contributed by atoms with Crippen LogP contribution in [0.1, 0.15) is 26.2 Å². The van der Waals surface area contributed by atoms with E-state index in [1.54, 1.807) is 6.21 Å². The van der Waals surface area contributed by atoms with Crippen LogP contribution >= 0.6 is 0 Å². The first-order chi connectivity index (χ1) is 6.18. The molecule has 2 amide bonds. The Morgan fingerprint density at radius 1 is 1.85 bits per heavy atom. The van der Waals surface area contributed by atoms with Gasteiger partial charge in [0.05, 0.1) is 6.21 Å². The first-order valence-electron chi connectivity index (χ1n) is 4.47. The molecule has 1 unspecified atom stereocenters. The maximum Gasteiger partial charge on any atom is 0.332 e. The molecule has 0 spiro atoms. The minimum Gasteiger partial charge on any atom is -0.350 e. The van der Waals surface area contributed by atoms with Gasteiger partial charge < -0.3 is 5.73 Å². The van der Waals surface area contributed by atoms with Crippen molar-refractivity contribution in [3.05, 3.63) is 11.6 Å². The standard InChI is InChI=1S/C9H15N3O/c1-7-3-2-4-8(5-7)6-11-12-9(10)13/h5-7H,2-4H2,1H3,(H3,10,12,13)/b11-6+. The smallest absolute Gasteiger partial charge is 0.332 e. The molecule has 3 N–H and O–H groups in total. The van der Waals surface area contributed by atoms with Gasteiger partial charge in [-0.1, -0.05) is 13.0 Å². The molecule has 4 heteroatoms. The molecule has 72 valence electrons. The number of hydrogen-bond acceptors (Lipinski definition) is 2. The number of carbonyl (C=O) groups excluding carboxylic acids is 1. The average molecular weight is 181 g/mol. The van der Waals surface area contributed by atoms with Gasteiger partial charge in [0.25, 0.3) is 0 Å². The first-order valence-corrected chi connectivity index (χ1v) is 4.47. The van der Waals surface area contributed by atoms with E-state index in [2.05, 4.69) is 23.5 Å². The summed E-state index contributed by atoms with van der Waals surface area (Å²) in [6, 6.07) is -0.624. The van der Waals surface area contributed by atoms with Crippen LogP contribution in [-0.2, 0) is 0 Å². The Labute approximate surface area is 77.9 Å². The molecule has 0 saturated carbocycles. The highest BCUT2D eigenvalue weighted by molar-refractivity contribution is 5.80. The maximum absolute atomic E-state index is 10.3. The van der Waals surface area contributed by atoms with Gasteiger partial charge in [0.2, 0.25) is 0 Å². The van der Waals surface area contributed by atoms with Crippen molar-refractivity contribution in [2.24, 2.45) is 16.8 Å². The number of amides is 2. The summed E-state index contributed by atoms with van der Waals surface area (Å²) in [6.45, 7) is 2.18. The van der Waals surface area contributed by atoms with E-state index in [9.17, 15) is 4.79 Å². The van der Waals surface area contributed by atoms with Gasteiger partial charge in [0.1, 0.15) is 0 Å². The van der Waals surface area contributed by atoms with Gasteiger partial charge in [0, 0.05) is 0 Å². The molecular weight excluding hydrogens is 166 g/mol. The van der Waals surface area contributed by atoms with Crippen LogP contribution in [0.2, 0.25) is 0 Å². The second-order valence-corrected chi connectivity index (χ2v) is 3.35. The number of primary amides is 1. The van der Waals surface area contributed by atoms with Crippen molar-refractivity contribution >= 4 is 12.2 Å². The summed E-state index contributed by atoms with van der Waals surface area (Å²) in [6.07, 6.45) is 7.31. The molecule has 0 saturated heterocycles. The van der Waals surface area contributed by atoms with Gasteiger partial charge in [-0.15, -0.1) is 0 Å². The van der Waals surface area contributed by atoms with Crippen molar-refractivity contribution in [1.82, 2.24) is 5.43 Å². The number of nitrogens with one attached hydrogen (secondary N) is 1. The number of nitrogens with two attached hydrogens (primary N) is 1. The van der Waals surface area contributed by atoms with Crippen LogP contribution in [0.15, 0.2) is 16.8 Å². The number of hydrogen-bond donors (Lipinski definition) is 2. The Morgan fingerprint density at radius 2 is 2.62 bits per heavy atom. The Kier molecular flexibility index (Phi) is 3.49. The summed E-state index contributed by atoms with van der Waals surface area (Å²) in [5.74, 6) is 0.615. The van der Waals surface area contributed by atoms with E-state index in [0.717, 1.165) is 6.42 Å². The fourth-order valence-electron chi connectivity index (χ4n) is 1.45. The van der Waals surface area contributed by atoms with Gasteiger partial charge in [-0.3, -0.25) is 0 Å². The summed E-state index contributed by atoms with van der Waals surface area (Å²) in [5.41, 5.74) is 8.20. The van der Waals surface area contributed by atoms with Gasteiger partial charge in [0.15, 0.2) is 0 Å². The molecule has 0 heterocycles. The lowest BCUT2D eigenvalue weighted by molar-refractivity contribution is 0.249. The number of carbonyl (C=O) groups is 1. The van der Waals surface area contributed by atoms with Crippen molar-refractivity contribution < 1.29 is 4.79 Å². The Bertz CT molecular complexity index is 245. The van der Waals surface area contributed by atoms with Crippen LogP contribution in [0.4, 0.5) is 4.79 Å². The summed E-state index contributed by atoms with van der Waals surface area (Å²) in [5, 5.41) is 3.71. The number of urea groups is 1. The van der Waals surface area contributed by atoms with Crippen molar-refractivity contribution in [1.29, 1.82) is 0 Å². The second-order valence-electron chi connectivity index (χ2n) is 3.35. The van der Waals surface area contributed by atoms with Crippen molar-refractivity contribution in [2.45, 2.75) is 26.2 Å². The fraction of sp³-hybridized carbons (Fsp3) is 0.556. The lowest BCUT2D eigenvalue weighted by Gasteiger charge is -2.14. The van der Waals surface area contributed by atoms with Crippen LogP contribution in [0.5, 0.6) is 0 Å². The van der Waals surface area contributed by atoms with Crippen molar-refractivity contribution in [3.63, 3.8) is 0 Å². The SMILES string of the molecule is CC1C=C(/C=N/NC(N)=O)CCC1. The van der Waals surface area contributed by atoms with Crippen LogP contribution < -0.4 is 11.2 Å². The van der Waals surface area contributed by atoms with Crippen LogP contribution in [0.25, 0.3) is 0 Å². The van der Waals surface area contributed by atoms with Crippen LogP contribution in [0, 0.1) is 5.92 Å². The third-order valence-corrected chi connectivity index (χ3v) is 2.03. The highest BCUT2D eigenvalue weighted by atomic mass is 16.2. The van der Waals surface area contributed by atoms with E-state index in [1.807, 2.05) is 0 Å². The molecule has 0 fully saturated rings. The minimum absolute atomic E-state index is 0.615. The predicted molar refractivity (Wildman–Crippen MR) is 52.3 cm³/mol. The van der Waals surface area contributed by atoms with Crippen LogP contribution in [0.3, 0.4) is 0 Å². The Hall–Kier alpha value is -1.32. The number of hydrazone groups is 1. The third kappa shape index (κ3) is 3.73. The fourth-order valence-corrected chi connectivity index (χ4v) is 1.45. The molecule has 13 heavy (non-hydrogen) atoms. The van der Waals surface area contributed by atoms with Gasteiger partial charge in [-0.05, 0) is 30.8 Å².